The molecular weight excluding hydrogens is 464 g/mol. The molecule has 0 aliphatic rings. The lowest BCUT2D eigenvalue weighted by atomic mass is 9.92. The number of aliphatic hydroxyl groups excluding tert-OH is 1. The highest BCUT2D eigenvalue weighted by atomic mass is 16.5. The van der Waals surface area contributed by atoms with Crippen LogP contribution in [0.4, 0.5) is 5.69 Å². The lowest BCUT2D eigenvalue weighted by Crippen LogP contribution is -2.29. The number of nitrogens with one attached hydrogen (secondary N) is 1. The first kappa shape index (κ1) is 24.6. The topological polar surface area (TPSA) is 144 Å². The quantitative estimate of drug-likeness (QED) is 0.326. The van der Waals surface area contributed by atoms with Gasteiger partial charge in [-0.2, -0.15) is 0 Å². The summed E-state index contributed by atoms with van der Waals surface area (Å²) in [6.45, 7) is -0.0284. The smallest absolute Gasteiger partial charge is 0.309 e. The van der Waals surface area contributed by atoms with Gasteiger partial charge in [0.05, 0.1) is 24.5 Å². The van der Waals surface area contributed by atoms with Gasteiger partial charge in [0.25, 0.3) is 11.5 Å². The van der Waals surface area contributed by atoms with E-state index in [1.165, 1.54) is 7.11 Å². The van der Waals surface area contributed by atoms with Crippen LogP contribution in [0, 0.1) is 5.92 Å². The molecule has 1 aromatic heterocycles. The molecule has 0 fully saturated rings. The van der Waals surface area contributed by atoms with Gasteiger partial charge in [0.1, 0.15) is 11.3 Å². The molecule has 1 unspecified atom stereocenters. The number of anilines is 1. The fourth-order valence-electron chi connectivity index (χ4n) is 3.81. The van der Waals surface area contributed by atoms with Crippen LogP contribution in [-0.4, -0.2) is 44.2 Å². The monoisotopic (exact) mass is 488 g/mol. The number of carbonyl (C=O) groups excluding carboxylic acids is 1. The van der Waals surface area contributed by atoms with Gasteiger partial charge in [-0.15, -0.1) is 5.10 Å². The molecule has 3 aromatic carbocycles. The molecule has 0 aliphatic carbocycles. The van der Waals surface area contributed by atoms with E-state index in [1.54, 1.807) is 72.8 Å². The Labute approximate surface area is 205 Å². The number of benzene rings is 3. The normalized spacial score (nSPS) is 12.6. The van der Waals surface area contributed by atoms with Crippen LogP contribution in [0.1, 0.15) is 28.4 Å². The fourth-order valence-corrected chi connectivity index (χ4v) is 3.81. The van der Waals surface area contributed by atoms with Gasteiger partial charge in [0.15, 0.2) is 0 Å². The number of aromatic nitrogens is 3. The standard InChI is InChI=1S/C26H24N4O6/c1-36-19-6-4-5-17(15-19)24(32)27-18-11-9-16(10-12-18)23(31)21(26(34)35)13-14-30-25(33)20-7-2-3-8-22(20)28-29-30/h2-12,15,21,23,31H,13-14H2,1H3,(H,27,32)(H,34,35)/t21-,23?/m0/s1. The molecule has 0 spiro atoms. The van der Waals surface area contributed by atoms with E-state index in [1.807, 2.05) is 0 Å². The van der Waals surface area contributed by atoms with Crippen LogP contribution in [0.2, 0.25) is 0 Å². The van der Waals surface area contributed by atoms with Gasteiger partial charge < -0.3 is 20.3 Å². The second kappa shape index (κ2) is 10.8. The first-order valence-electron chi connectivity index (χ1n) is 11.2. The van der Waals surface area contributed by atoms with Gasteiger partial charge in [-0.25, -0.2) is 4.68 Å². The summed E-state index contributed by atoms with van der Waals surface area (Å²) in [5.41, 5.74) is 1.32. The summed E-state index contributed by atoms with van der Waals surface area (Å²) in [4.78, 5) is 37.0. The van der Waals surface area contributed by atoms with Crippen molar-refractivity contribution in [2.45, 2.75) is 19.1 Å². The highest BCUT2D eigenvalue weighted by Gasteiger charge is 2.28. The maximum Gasteiger partial charge on any atom is 0.309 e. The molecule has 0 aliphatic heterocycles. The number of hydrogen-bond donors (Lipinski definition) is 3. The number of carboxylic acids is 1. The first-order chi connectivity index (χ1) is 17.4. The minimum Gasteiger partial charge on any atom is -0.497 e. The lowest BCUT2D eigenvalue weighted by molar-refractivity contribution is -0.146. The molecule has 0 saturated heterocycles. The van der Waals surface area contributed by atoms with Crippen LogP contribution in [0.15, 0.2) is 77.6 Å². The van der Waals surface area contributed by atoms with Crippen molar-refractivity contribution in [1.82, 2.24) is 15.0 Å². The number of carbonyl (C=O) groups is 2. The molecule has 1 heterocycles. The molecule has 4 rings (SSSR count). The van der Waals surface area contributed by atoms with Gasteiger partial charge >= 0.3 is 5.97 Å². The van der Waals surface area contributed by atoms with Crippen molar-refractivity contribution in [2.24, 2.45) is 5.92 Å². The number of fused-ring (bicyclic) bond motifs is 1. The van der Waals surface area contributed by atoms with Gasteiger partial charge in [-0.1, -0.05) is 35.5 Å². The number of aliphatic carboxylic acids is 1. The van der Waals surface area contributed by atoms with Crippen molar-refractivity contribution in [3.63, 3.8) is 0 Å². The summed E-state index contributed by atoms with van der Waals surface area (Å²) in [7, 11) is 1.51. The van der Waals surface area contributed by atoms with Gasteiger partial charge in [-0.3, -0.25) is 14.4 Å². The Morgan fingerprint density at radius 1 is 1.06 bits per heavy atom. The number of hydrogen-bond acceptors (Lipinski definition) is 7. The number of aliphatic hydroxyl groups is 1. The van der Waals surface area contributed by atoms with E-state index in [2.05, 4.69) is 15.6 Å². The molecule has 1 amide bonds. The zero-order chi connectivity index (χ0) is 25.7. The number of aryl methyl sites for hydroxylation is 1. The predicted octanol–water partition coefficient (Wildman–Crippen LogP) is 2.88. The summed E-state index contributed by atoms with van der Waals surface area (Å²) in [6.07, 6.45) is -1.38. The van der Waals surface area contributed by atoms with E-state index in [-0.39, 0.29) is 24.4 Å². The van der Waals surface area contributed by atoms with Crippen LogP contribution in [-0.2, 0) is 11.3 Å². The van der Waals surface area contributed by atoms with E-state index in [4.69, 9.17) is 4.74 Å². The van der Waals surface area contributed by atoms with Crippen molar-refractivity contribution >= 4 is 28.5 Å². The van der Waals surface area contributed by atoms with Crippen molar-refractivity contribution in [2.75, 3.05) is 12.4 Å². The summed E-state index contributed by atoms with van der Waals surface area (Å²) >= 11 is 0. The largest absolute Gasteiger partial charge is 0.497 e. The van der Waals surface area contributed by atoms with Crippen molar-refractivity contribution in [3.05, 3.63) is 94.3 Å². The summed E-state index contributed by atoms with van der Waals surface area (Å²) in [5.74, 6) is -2.19. The Bertz CT molecular complexity index is 1450. The zero-order valence-electron chi connectivity index (χ0n) is 19.4. The molecule has 36 heavy (non-hydrogen) atoms. The maximum absolute atomic E-state index is 12.6. The number of rotatable bonds is 9. The Kier molecular flexibility index (Phi) is 7.36. The maximum atomic E-state index is 12.6. The summed E-state index contributed by atoms with van der Waals surface area (Å²) in [6, 6.07) is 19.7. The molecule has 10 heteroatoms. The minimum atomic E-state index is -1.34. The molecular formula is C26H24N4O6. The Hall–Kier alpha value is -4.57. The third-order valence-corrected chi connectivity index (χ3v) is 5.82. The number of carboxylic acid groups (broad SMARTS) is 1. The summed E-state index contributed by atoms with van der Waals surface area (Å²) < 4.78 is 6.23. The zero-order valence-corrected chi connectivity index (χ0v) is 19.4. The highest BCUT2D eigenvalue weighted by molar-refractivity contribution is 6.04. The molecule has 2 atom stereocenters. The molecule has 10 nitrogen and oxygen atoms in total. The molecule has 184 valence electrons. The van der Waals surface area contributed by atoms with E-state index >= 15 is 0 Å². The van der Waals surface area contributed by atoms with Crippen molar-refractivity contribution in [1.29, 1.82) is 0 Å². The summed E-state index contributed by atoms with van der Waals surface area (Å²) in [5, 5.41) is 31.5. The van der Waals surface area contributed by atoms with Gasteiger partial charge in [0, 0.05) is 17.8 Å². The minimum absolute atomic E-state index is 0.0284. The van der Waals surface area contributed by atoms with Crippen LogP contribution in [0.25, 0.3) is 10.9 Å². The van der Waals surface area contributed by atoms with Crippen LogP contribution < -0.4 is 15.6 Å². The number of ether oxygens (including phenoxy) is 1. The Morgan fingerprint density at radius 3 is 2.53 bits per heavy atom. The van der Waals surface area contributed by atoms with Crippen LogP contribution >= 0.6 is 0 Å². The van der Waals surface area contributed by atoms with Crippen molar-refractivity contribution < 1.29 is 24.5 Å². The average Bonchev–Trinajstić information content (AvgIpc) is 2.90. The molecule has 3 N–H and O–H groups in total. The van der Waals surface area contributed by atoms with Gasteiger partial charge in [0.2, 0.25) is 0 Å². The second-order valence-corrected chi connectivity index (χ2v) is 8.12. The SMILES string of the molecule is COc1cccc(C(=O)Nc2ccc(C(O)[C@H](CCn3nnc4ccccc4c3=O)C(=O)O)cc2)c1. The lowest BCUT2D eigenvalue weighted by Gasteiger charge is -2.20. The number of amides is 1. The predicted molar refractivity (Wildman–Crippen MR) is 132 cm³/mol. The number of methoxy groups -OCH3 is 1. The fraction of sp³-hybridized carbons (Fsp3) is 0.192. The van der Waals surface area contributed by atoms with E-state index in [0.717, 1.165) is 4.68 Å². The molecule has 4 aromatic rings. The third-order valence-electron chi connectivity index (χ3n) is 5.82. The van der Waals surface area contributed by atoms with Crippen molar-refractivity contribution in [3.8, 4) is 5.75 Å². The molecule has 0 bridgehead atoms. The van der Waals surface area contributed by atoms with E-state index < -0.39 is 18.0 Å². The number of nitrogens with zero attached hydrogens (tertiary/aromatic N) is 3. The first-order valence-corrected chi connectivity index (χ1v) is 11.2. The van der Waals surface area contributed by atoms with E-state index in [0.29, 0.717) is 33.5 Å². The van der Waals surface area contributed by atoms with E-state index in [9.17, 15) is 24.6 Å². The molecule has 0 radical (unpaired) electrons. The molecule has 0 saturated carbocycles. The Balaban J connectivity index is 1.44. The third kappa shape index (κ3) is 5.39. The van der Waals surface area contributed by atoms with Crippen LogP contribution in [0.5, 0.6) is 5.75 Å². The average molecular weight is 489 g/mol. The van der Waals surface area contributed by atoms with Gasteiger partial charge in [-0.05, 0) is 54.4 Å². The Morgan fingerprint density at radius 2 is 1.81 bits per heavy atom. The highest BCUT2D eigenvalue weighted by Crippen LogP contribution is 2.27. The second-order valence-electron chi connectivity index (χ2n) is 8.12. The van der Waals surface area contributed by atoms with Crippen LogP contribution in [0.3, 0.4) is 0 Å².